The van der Waals surface area contributed by atoms with Crippen molar-refractivity contribution in [3.63, 3.8) is 0 Å². The highest BCUT2D eigenvalue weighted by molar-refractivity contribution is 6.29. The number of rotatable bonds is 4. The van der Waals surface area contributed by atoms with Crippen LogP contribution in [0.15, 0.2) is 42.1 Å². The summed E-state index contributed by atoms with van der Waals surface area (Å²) in [5.41, 5.74) is 0. The Balaban J connectivity index is 2.43. The lowest BCUT2D eigenvalue weighted by Crippen LogP contribution is -2.03. The summed E-state index contributed by atoms with van der Waals surface area (Å²) < 4.78 is 5.20. The first kappa shape index (κ1) is 11.7. The summed E-state index contributed by atoms with van der Waals surface area (Å²) in [6.07, 6.45) is 1.76. The number of benzene rings is 1. The quantitative estimate of drug-likeness (QED) is 0.900. The fraction of sp³-hybridized carbons (Fsp3) is 0.154. The van der Waals surface area contributed by atoms with E-state index in [2.05, 4.69) is 16.9 Å². The van der Waals surface area contributed by atoms with Crippen molar-refractivity contribution in [1.29, 1.82) is 0 Å². The molecule has 0 bridgehead atoms. The maximum absolute atomic E-state index is 5.73. The number of methoxy groups -OCH3 is 1. The first-order valence-electron chi connectivity index (χ1n) is 5.20. The molecule has 0 aliphatic carbocycles. The molecule has 0 atom stereocenters. The first-order chi connectivity index (χ1) is 8.20. The summed E-state index contributed by atoms with van der Waals surface area (Å²) in [5.74, 6) is 1.58. The third-order valence-electron chi connectivity index (χ3n) is 2.42. The SMILES string of the molecule is C=C(Cl)CNc1nccc2ccc(OC)cc12. The van der Waals surface area contributed by atoms with E-state index in [0.29, 0.717) is 11.6 Å². The average Bonchev–Trinajstić information content (AvgIpc) is 2.35. The number of pyridine rings is 1. The molecule has 0 amide bonds. The van der Waals surface area contributed by atoms with Gasteiger partial charge in [-0.15, -0.1) is 0 Å². The lowest BCUT2D eigenvalue weighted by Gasteiger charge is -2.09. The van der Waals surface area contributed by atoms with Crippen molar-refractivity contribution in [2.24, 2.45) is 0 Å². The molecule has 0 spiro atoms. The van der Waals surface area contributed by atoms with Crippen molar-refractivity contribution < 1.29 is 4.74 Å². The Morgan fingerprint density at radius 3 is 3.00 bits per heavy atom. The summed E-state index contributed by atoms with van der Waals surface area (Å²) in [6.45, 7) is 4.13. The van der Waals surface area contributed by atoms with Gasteiger partial charge in [0, 0.05) is 16.6 Å². The van der Waals surface area contributed by atoms with Gasteiger partial charge in [-0.3, -0.25) is 0 Å². The topological polar surface area (TPSA) is 34.2 Å². The maximum Gasteiger partial charge on any atom is 0.134 e. The van der Waals surface area contributed by atoms with E-state index in [0.717, 1.165) is 22.3 Å². The van der Waals surface area contributed by atoms with Crippen molar-refractivity contribution >= 4 is 28.2 Å². The third-order valence-corrected chi connectivity index (χ3v) is 2.55. The van der Waals surface area contributed by atoms with E-state index < -0.39 is 0 Å². The molecule has 2 rings (SSSR count). The number of aromatic nitrogens is 1. The van der Waals surface area contributed by atoms with Crippen LogP contribution in [-0.2, 0) is 0 Å². The smallest absolute Gasteiger partial charge is 0.134 e. The number of hydrogen-bond acceptors (Lipinski definition) is 3. The van der Waals surface area contributed by atoms with Crippen molar-refractivity contribution in [3.8, 4) is 5.75 Å². The highest BCUT2D eigenvalue weighted by atomic mass is 35.5. The van der Waals surface area contributed by atoms with Gasteiger partial charge >= 0.3 is 0 Å². The summed E-state index contributed by atoms with van der Waals surface area (Å²) in [4.78, 5) is 4.29. The van der Waals surface area contributed by atoms with Gasteiger partial charge in [-0.25, -0.2) is 4.98 Å². The van der Waals surface area contributed by atoms with Gasteiger partial charge in [0.25, 0.3) is 0 Å². The summed E-state index contributed by atoms with van der Waals surface area (Å²) in [6, 6.07) is 7.82. The average molecular weight is 249 g/mol. The zero-order valence-electron chi connectivity index (χ0n) is 9.53. The van der Waals surface area contributed by atoms with Gasteiger partial charge in [-0.1, -0.05) is 24.2 Å². The molecular formula is C13H13ClN2O. The standard InChI is InChI=1S/C13H13ClN2O/c1-9(14)8-16-13-12-7-11(17-2)4-3-10(12)5-6-15-13/h3-7H,1,8H2,2H3,(H,15,16). The number of ether oxygens (including phenoxy) is 1. The summed E-state index contributed by atoms with van der Waals surface area (Å²) in [7, 11) is 1.64. The predicted octanol–water partition coefficient (Wildman–Crippen LogP) is 3.41. The Labute approximate surface area is 105 Å². The molecule has 88 valence electrons. The van der Waals surface area contributed by atoms with Crippen molar-refractivity contribution in [2.45, 2.75) is 0 Å². The second-order valence-electron chi connectivity index (χ2n) is 3.62. The lowest BCUT2D eigenvalue weighted by molar-refractivity contribution is 0.415. The van der Waals surface area contributed by atoms with Crippen molar-refractivity contribution in [1.82, 2.24) is 4.98 Å². The molecule has 1 N–H and O–H groups in total. The molecule has 4 heteroatoms. The van der Waals surface area contributed by atoms with Gasteiger partial charge in [-0.2, -0.15) is 0 Å². The Kier molecular flexibility index (Phi) is 3.49. The minimum Gasteiger partial charge on any atom is -0.497 e. The molecule has 0 aliphatic heterocycles. The van der Waals surface area contributed by atoms with Crippen LogP contribution >= 0.6 is 11.6 Å². The van der Waals surface area contributed by atoms with E-state index in [1.54, 1.807) is 13.3 Å². The van der Waals surface area contributed by atoms with Gasteiger partial charge < -0.3 is 10.1 Å². The van der Waals surface area contributed by atoms with Crippen LogP contribution in [0, 0.1) is 0 Å². The van der Waals surface area contributed by atoms with Gasteiger partial charge in [0.2, 0.25) is 0 Å². The van der Waals surface area contributed by atoms with Gasteiger partial charge in [-0.05, 0) is 23.6 Å². The molecule has 0 fully saturated rings. The molecule has 0 unspecified atom stereocenters. The number of fused-ring (bicyclic) bond motifs is 1. The minimum absolute atomic E-state index is 0.491. The van der Waals surface area contributed by atoms with Gasteiger partial charge in [0.05, 0.1) is 13.7 Å². The number of halogens is 1. The molecule has 0 saturated carbocycles. The van der Waals surface area contributed by atoms with Crippen LogP contribution in [0.5, 0.6) is 5.75 Å². The minimum atomic E-state index is 0.491. The fourth-order valence-corrected chi connectivity index (χ4v) is 1.66. The highest BCUT2D eigenvalue weighted by Gasteiger charge is 2.03. The number of nitrogens with zero attached hydrogens (tertiary/aromatic N) is 1. The van der Waals surface area contributed by atoms with E-state index in [1.807, 2.05) is 24.3 Å². The van der Waals surface area contributed by atoms with Crippen molar-refractivity contribution in [3.05, 3.63) is 42.1 Å². The van der Waals surface area contributed by atoms with Crippen molar-refractivity contribution in [2.75, 3.05) is 19.0 Å². The Morgan fingerprint density at radius 1 is 1.47 bits per heavy atom. The van der Waals surface area contributed by atoms with Crippen LogP contribution in [0.25, 0.3) is 10.8 Å². The third kappa shape index (κ3) is 2.68. The Bertz CT molecular complexity index is 554. The molecule has 17 heavy (non-hydrogen) atoms. The normalized spacial score (nSPS) is 10.2. The monoisotopic (exact) mass is 248 g/mol. The van der Waals surface area contributed by atoms with E-state index in [1.165, 1.54) is 0 Å². The van der Waals surface area contributed by atoms with E-state index >= 15 is 0 Å². The maximum atomic E-state index is 5.73. The molecule has 3 nitrogen and oxygen atoms in total. The molecule has 0 radical (unpaired) electrons. The van der Waals surface area contributed by atoms with Crippen LogP contribution in [0.3, 0.4) is 0 Å². The predicted molar refractivity (Wildman–Crippen MR) is 71.8 cm³/mol. The summed E-state index contributed by atoms with van der Waals surface area (Å²) in [5, 5.41) is 5.79. The van der Waals surface area contributed by atoms with E-state index in [9.17, 15) is 0 Å². The van der Waals surface area contributed by atoms with Crippen LogP contribution in [0.1, 0.15) is 0 Å². The van der Waals surface area contributed by atoms with Crippen LogP contribution < -0.4 is 10.1 Å². The first-order valence-corrected chi connectivity index (χ1v) is 5.58. The Morgan fingerprint density at radius 2 is 2.29 bits per heavy atom. The number of anilines is 1. The molecule has 2 aromatic rings. The van der Waals surface area contributed by atoms with Crippen LogP contribution in [0.2, 0.25) is 0 Å². The van der Waals surface area contributed by atoms with E-state index in [-0.39, 0.29) is 0 Å². The number of hydrogen-bond donors (Lipinski definition) is 1. The lowest BCUT2D eigenvalue weighted by atomic mass is 10.1. The molecular weight excluding hydrogens is 236 g/mol. The fourth-order valence-electron chi connectivity index (χ4n) is 1.59. The van der Waals surface area contributed by atoms with Gasteiger partial charge in [0.1, 0.15) is 11.6 Å². The zero-order valence-corrected chi connectivity index (χ0v) is 10.3. The second-order valence-corrected chi connectivity index (χ2v) is 4.15. The molecule has 0 saturated heterocycles. The Hall–Kier alpha value is -1.74. The van der Waals surface area contributed by atoms with E-state index in [4.69, 9.17) is 16.3 Å². The van der Waals surface area contributed by atoms with Gasteiger partial charge in [0.15, 0.2) is 0 Å². The number of nitrogens with one attached hydrogen (secondary N) is 1. The molecule has 1 heterocycles. The molecule has 0 aliphatic rings. The molecule has 1 aromatic carbocycles. The largest absolute Gasteiger partial charge is 0.497 e. The van der Waals surface area contributed by atoms with Crippen LogP contribution in [0.4, 0.5) is 5.82 Å². The van der Waals surface area contributed by atoms with Crippen LogP contribution in [-0.4, -0.2) is 18.6 Å². The second kappa shape index (κ2) is 5.06. The zero-order chi connectivity index (χ0) is 12.3. The highest BCUT2D eigenvalue weighted by Crippen LogP contribution is 2.25. The molecule has 1 aromatic heterocycles. The summed E-state index contributed by atoms with van der Waals surface area (Å²) >= 11 is 5.73.